The van der Waals surface area contributed by atoms with Crippen LogP contribution in [-0.2, 0) is 20.6 Å². The number of aryl methyl sites for hydroxylation is 2. The van der Waals surface area contributed by atoms with Gasteiger partial charge in [0.1, 0.15) is 11.6 Å². The highest BCUT2D eigenvalue weighted by molar-refractivity contribution is 5.50. The SMILES string of the molecule is CC(C)c1nn(C)c(N(C)C)c1CN[C@H](c1nccn1C)C(C)C. The number of nitrogens with one attached hydrogen (secondary N) is 1. The molecule has 0 saturated carbocycles. The minimum absolute atomic E-state index is 0.209. The third-order valence-electron chi connectivity index (χ3n) is 4.42. The standard InChI is InChI=1S/C18H32N6/c1-12(2)15-14(18(22(5)6)24(8)21-15)11-20-16(13(3)4)17-19-9-10-23(17)7/h9-10,12-13,16,20H,11H2,1-8H3/t16-/m0/s1. The molecule has 0 aliphatic carbocycles. The Morgan fingerprint density at radius 1 is 1.17 bits per heavy atom. The van der Waals surface area contributed by atoms with Crippen LogP contribution in [-0.4, -0.2) is 33.4 Å². The van der Waals surface area contributed by atoms with Crippen molar-refractivity contribution in [2.24, 2.45) is 20.0 Å². The van der Waals surface area contributed by atoms with Gasteiger partial charge in [0.25, 0.3) is 0 Å². The Hall–Kier alpha value is -1.82. The maximum atomic E-state index is 4.75. The summed E-state index contributed by atoms with van der Waals surface area (Å²) >= 11 is 0. The van der Waals surface area contributed by atoms with E-state index >= 15 is 0 Å². The average Bonchev–Trinajstić information content (AvgIpc) is 3.03. The van der Waals surface area contributed by atoms with Crippen molar-refractivity contribution in [1.82, 2.24) is 24.6 Å². The number of rotatable bonds is 7. The lowest BCUT2D eigenvalue weighted by Gasteiger charge is -2.23. The van der Waals surface area contributed by atoms with Gasteiger partial charge in [-0.1, -0.05) is 27.7 Å². The molecule has 0 bridgehead atoms. The van der Waals surface area contributed by atoms with Crippen LogP contribution in [0.2, 0.25) is 0 Å². The third kappa shape index (κ3) is 3.64. The predicted octanol–water partition coefficient (Wildman–Crippen LogP) is 2.83. The number of hydrogen-bond acceptors (Lipinski definition) is 4. The highest BCUT2D eigenvalue weighted by Crippen LogP contribution is 2.28. The summed E-state index contributed by atoms with van der Waals surface area (Å²) in [6, 6.07) is 0.209. The van der Waals surface area contributed by atoms with Crippen molar-refractivity contribution in [1.29, 1.82) is 0 Å². The van der Waals surface area contributed by atoms with E-state index < -0.39 is 0 Å². The van der Waals surface area contributed by atoms with Crippen LogP contribution in [0.3, 0.4) is 0 Å². The first-order valence-electron chi connectivity index (χ1n) is 8.67. The van der Waals surface area contributed by atoms with Gasteiger partial charge in [-0.25, -0.2) is 4.98 Å². The molecule has 1 N–H and O–H groups in total. The van der Waals surface area contributed by atoms with Crippen molar-refractivity contribution < 1.29 is 0 Å². The molecular weight excluding hydrogens is 300 g/mol. The highest BCUT2D eigenvalue weighted by Gasteiger charge is 2.24. The zero-order valence-electron chi connectivity index (χ0n) is 16.3. The molecule has 1 atom stereocenters. The molecule has 6 nitrogen and oxygen atoms in total. The summed E-state index contributed by atoms with van der Waals surface area (Å²) in [6.07, 6.45) is 3.86. The molecule has 0 spiro atoms. The maximum Gasteiger partial charge on any atom is 0.130 e. The summed E-state index contributed by atoms with van der Waals surface area (Å²) in [5, 5.41) is 8.47. The van der Waals surface area contributed by atoms with E-state index in [1.807, 2.05) is 31.2 Å². The molecule has 0 aromatic carbocycles. The first-order chi connectivity index (χ1) is 11.2. The van der Waals surface area contributed by atoms with Gasteiger partial charge < -0.3 is 14.8 Å². The van der Waals surface area contributed by atoms with Crippen molar-refractivity contribution in [3.05, 3.63) is 29.5 Å². The molecule has 6 heteroatoms. The van der Waals surface area contributed by atoms with Crippen molar-refractivity contribution in [3.8, 4) is 0 Å². The fraction of sp³-hybridized carbons (Fsp3) is 0.667. The molecule has 2 rings (SSSR count). The van der Waals surface area contributed by atoms with E-state index in [0.29, 0.717) is 11.8 Å². The molecule has 2 aromatic rings. The Morgan fingerprint density at radius 2 is 1.83 bits per heavy atom. The highest BCUT2D eigenvalue weighted by atomic mass is 15.4. The van der Waals surface area contributed by atoms with Crippen LogP contribution in [0.5, 0.6) is 0 Å². The fourth-order valence-electron chi connectivity index (χ4n) is 3.29. The van der Waals surface area contributed by atoms with Gasteiger partial charge in [0.15, 0.2) is 0 Å². The van der Waals surface area contributed by atoms with E-state index in [-0.39, 0.29) is 6.04 Å². The summed E-state index contributed by atoms with van der Waals surface area (Å²) in [5.41, 5.74) is 2.44. The maximum absolute atomic E-state index is 4.75. The van der Waals surface area contributed by atoms with Crippen LogP contribution in [0.4, 0.5) is 5.82 Å². The molecule has 2 heterocycles. The zero-order chi connectivity index (χ0) is 18.0. The minimum Gasteiger partial charge on any atom is -0.363 e. The van der Waals surface area contributed by atoms with Crippen LogP contribution >= 0.6 is 0 Å². The van der Waals surface area contributed by atoms with Crippen molar-refractivity contribution in [3.63, 3.8) is 0 Å². The summed E-state index contributed by atoms with van der Waals surface area (Å²) in [6.45, 7) is 9.64. The monoisotopic (exact) mass is 332 g/mol. The molecule has 134 valence electrons. The molecule has 0 aliphatic rings. The summed E-state index contributed by atoms with van der Waals surface area (Å²) in [7, 11) is 8.21. The lowest BCUT2D eigenvalue weighted by molar-refractivity contribution is 0.384. The predicted molar refractivity (Wildman–Crippen MR) is 99.3 cm³/mol. The van der Waals surface area contributed by atoms with E-state index in [1.54, 1.807) is 0 Å². The van der Waals surface area contributed by atoms with Gasteiger partial charge in [-0.15, -0.1) is 0 Å². The van der Waals surface area contributed by atoms with Crippen LogP contribution < -0.4 is 10.2 Å². The third-order valence-corrected chi connectivity index (χ3v) is 4.42. The average molecular weight is 332 g/mol. The van der Waals surface area contributed by atoms with E-state index in [1.165, 1.54) is 5.56 Å². The number of aromatic nitrogens is 4. The first kappa shape index (κ1) is 18.5. The normalized spacial score (nSPS) is 13.1. The van der Waals surface area contributed by atoms with Gasteiger partial charge in [0.05, 0.1) is 11.7 Å². The van der Waals surface area contributed by atoms with Crippen LogP contribution in [0.15, 0.2) is 12.4 Å². The van der Waals surface area contributed by atoms with Gasteiger partial charge >= 0.3 is 0 Å². The summed E-state index contributed by atoms with van der Waals surface area (Å²) in [5.74, 6) is 3.08. The Balaban J connectivity index is 2.31. The van der Waals surface area contributed by atoms with Crippen LogP contribution in [0, 0.1) is 5.92 Å². The van der Waals surface area contributed by atoms with Crippen molar-refractivity contribution in [2.45, 2.75) is 46.2 Å². The van der Waals surface area contributed by atoms with Gasteiger partial charge in [-0.05, 0) is 11.8 Å². The second kappa shape index (κ2) is 7.38. The molecule has 0 fully saturated rings. The first-order valence-corrected chi connectivity index (χ1v) is 8.67. The lowest BCUT2D eigenvalue weighted by atomic mass is 10.0. The van der Waals surface area contributed by atoms with Crippen molar-refractivity contribution >= 4 is 5.82 Å². The smallest absolute Gasteiger partial charge is 0.130 e. The summed E-state index contributed by atoms with van der Waals surface area (Å²) in [4.78, 5) is 6.68. The van der Waals surface area contributed by atoms with Crippen molar-refractivity contribution in [2.75, 3.05) is 19.0 Å². The number of imidazole rings is 1. The summed E-state index contributed by atoms with van der Waals surface area (Å²) < 4.78 is 4.08. The number of nitrogens with zero attached hydrogens (tertiary/aromatic N) is 5. The van der Waals surface area contributed by atoms with E-state index in [4.69, 9.17) is 5.10 Å². The Bertz CT molecular complexity index is 665. The molecule has 0 saturated heterocycles. The molecule has 0 aliphatic heterocycles. The van der Waals surface area contributed by atoms with E-state index in [0.717, 1.165) is 23.9 Å². The lowest BCUT2D eigenvalue weighted by Crippen LogP contribution is -2.29. The Kier molecular flexibility index (Phi) is 5.70. The largest absolute Gasteiger partial charge is 0.363 e. The van der Waals surface area contributed by atoms with E-state index in [2.05, 4.69) is 61.6 Å². The molecule has 0 amide bonds. The molecular formula is C18H32N6. The Morgan fingerprint density at radius 3 is 2.29 bits per heavy atom. The van der Waals surface area contributed by atoms with Gasteiger partial charge in [0.2, 0.25) is 0 Å². The van der Waals surface area contributed by atoms with Gasteiger partial charge in [0, 0.05) is 52.7 Å². The minimum atomic E-state index is 0.209. The molecule has 2 aromatic heterocycles. The Labute approximate surface area is 145 Å². The second-order valence-corrected chi connectivity index (χ2v) is 7.36. The molecule has 0 radical (unpaired) electrons. The van der Waals surface area contributed by atoms with Gasteiger partial charge in [-0.3, -0.25) is 4.68 Å². The zero-order valence-corrected chi connectivity index (χ0v) is 16.3. The quantitative estimate of drug-likeness (QED) is 0.847. The number of hydrogen-bond donors (Lipinski definition) is 1. The van der Waals surface area contributed by atoms with Crippen LogP contribution in [0.1, 0.15) is 56.7 Å². The second-order valence-electron chi connectivity index (χ2n) is 7.36. The van der Waals surface area contributed by atoms with Crippen LogP contribution in [0.25, 0.3) is 0 Å². The fourth-order valence-corrected chi connectivity index (χ4v) is 3.29. The molecule has 0 unspecified atom stereocenters. The topological polar surface area (TPSA) is 50.9 Å². The van der Waals surface area contributed by atoms with Gasteiger partial charge in [-0.2, -0.15) is 5.10 Å². The van der Waals surface area contributed by atoms with E-state index in [9.17, 15) is 0 Å². The molecule has 24 heavy (non-hydrogen) atoms. The number of anilines is 1.